The molecule has 9 heteroatoms. The van der Waals surface area contributed by atoms with Gasteiger partial charge in [0.25, 0.3) is 5.91 Å². The van der Waals surface area contributed by atoms with Crippen LogP contribution in [0.15, 0.2) is 46.3 Å². The number of amides is 1. The summed E-state index contributed by atoms with van der Waals surface area (Å²) in [6.07, 6.45) is 5.51. The zero-order chi connectivity index (χ0) is 20.6. The first-order chi connectivity index (χ1) is 13.9. The van der Waals surface area contributed by atoms with Gasteiger partial charge in [-0.1, -0.05) is 36.3 Å². The fourth-order valence-electron chi connectivity index (χ4n) is 3.01. The van der Waals surface area contributed by atoms with E-state index in [-0.39, 0.29) is 29.5 Å². The highest BCUT2D eigenvalue weighted by Crippen LogP contribution is 2.37. The van der Waals surface area contributed by atoms with Gasteiger partial charge in [0.2, 0.25) is 6.79 Å². The number of sulfone groups is 1. The Morgan fingerprint density at radius 2 is 2.00 bits per heavy atom. The molecule has 0 aliphatic carbocycles. The van der Waals surface area contributed by atoms with Crippen molar-refractivity contribution < 1.29 is 22.7 Å². The Labute approximate surface area is 171 Å². The maximum Gasteiger partial charge on any atom is 0.280 e. The molecule has 3 aromatic rings. The molecular weight excluding hydrogens is 412 g/mol. The Kier molecular flexibility index (Phi) is 4.90. The van der Waals surface area contributed by atoms with Crippen LogP contribution in [-0.4, -0.2) is 31.4 Å². The molecule has 0 atom stereocenters. The number of carbonyl (C=O) groups excluding carboxylic acids is 1. The van der Waals surface area contributed by atoms with E-state index in [2.05, 4.69) is 10.9 Å². The number of hydrogen-bond donors (Lipinski definition) is 0. The number of rotatable bonds is 4. The SMILES string of the molecule is C#CCn1c(=NC(=O)c2ccccc2S(=O)(=O)CC)sc2cc3c(cc21)OCO3. The predicted molar refractivity (Wildman–Crippen MR) is 109 cm³/mol. The summed E-state index contributed by atoms with van der Waals surface area (Å²) in [6.45, 7) is 1.88. The number of nitrogens with zero attached hydrogens (tertiary/aromatic N) is 2. The molecular formula is C20H16N2O5S2. The molecule has 148 valence electrons. The molecule has 1 aliphatic heterocycles. The van der Waals surface area contributed by atoms with Crippen LogP contribution in [0, 0.1) is 12.3 Å². The molecule has 0 saturated heterocycles. The Morgan fingerprint density at radius 1 is 1.28 bits per heavy atom. The Hall–Kier alpha value is -3.09. The van der Waals surface area contributed by atoms with E-state index in [0.717, 1.165) is 10.2 Å². The molecule has 0 N–H and O–H groups in total. The molecule has 2 heterocycles. The second-order valence-corrected chi connectivity index (χ2v) is 9.42. The first-order valence-electron chi connectivity index (χ1n) is 8.72. The molecule has 0 bridgehead atoms. The molecule has 7 nitrogen and oxygen atoms in total. The molecule has 0 radical (unpaired) electrons. The highest BCUT2D eigenvalue weighted by molar-refractivity contribution is 7.91. The van der Waals surface area contributed by atoms with Gasteiger partial charge in [-0.25, -0.2) is 8.42 Å². The Balaban J connectivity index is 1.89. The van der Waals surface area contributed by atoms with E-state index >= 15 is 0 Å². The summed E-state index contributed by atoms with van der Waals surface area (Å²) < 4.78 is 38.1. The van der Waals surface area contributed by atoms with Crippen molar-refractivity contribution in [3.63, 3.8) is 0 Å². The second-order valence-electron chi connectivity index (χ2n) is 6.16. The van der Waals surface area contributed by atoms with Crippen molar-refractivity contribution in [1.29, 1.82) is 0 Å². The summed E-state index contributed by atoms with van der Waals surface area (Å²) in [4.78, 5) is 17.4. The third kappa shape index (κ3) is 3.41. The van der Waals surface area contributed by atoms with Crippen LogP contribution in [0.5, 0.6) is 11.5 Å². The van der Waals surface area contributed by atoms with Crippen molar-refractivity contribution in [3.05, 3.63) is 46.8 Å². The van der Waals surface area contributed by atoms with E-state index in [1.54, 1.807) is 22.8 Å². The normalized spacial score (nSPS) is 13.6. The average Bonchev–Trinajstić information content (AvgIpc) is 3.30. The molecule has 4 rings (SSSR count). The number of ether oxygens (including phenoxy) is 2. The average molecular weight is 428 g/mol. The largest absolute Gasteiger partial charge is 0.454 e. The van der Waals surface area contributed by atoms with Gasteiger partial charge in [-0.3, -0.25) is 4.79 Å². The van der Waals surface area contributed by atoms with Crippen molar-refractivity contribution >= 4 is 37.3 Å². The van der Waals surface area contributed by atoms with Gasteiger partial charge in [0.05, 0.1) is 33.0 Å². The van der Waals surface area contributed by atoms with Gasteiger partial charge < -0.3 is 14.0 Å². The monoisotopic (exact) mass is 428 g/mol. The van der Waals surface area contributed by atoms with Crippen molar-refractivity contribution in [2.24, 2.45) is 4.99 Å². The van der Waals surface area contributed by atoms with E-state index < -0.39 is 15.7 Å². The summed E-state index contributed by atoms with van der Waals surface area (Å²) in [5.74, 6) is 3.02. The second kappa shape index (κ2) is 7.39. The van der Waals surface area contributed by atoms with Crippen LogP contribution < -0.4 is 14.3 Å². The zero-order valence-corrected chi connectivity index (χ0v) is 17.0. The van der Waals surface area contributed by atoms with Crippen molar-refractivity contribution in [2.45, 2.75) is 18.4 Å². The number of fused-ring (bicyclic) bond motifs is 2. The Morgan fingerprint density at radius 3 is 2.72 bits per heavy atom. The van der Waals surface area contributed by atoms with E-state index in [0.29, 0.717) is 16.3 Å². The van der Waals surface area contributed by atoms with Gasteiger partial charge in [-0.15, -0.1) is 6.42 Å². The summed E-state index contributed by atoms with van der Waals surface area (Å²) in [7, 11) is -3.57. The number of aromatic nitrogens is 1. The minimum Gasteiger partial charge on any atom is -0.454 e. The zero-order valence-electron chi connectivity index (χ0n) is 15.4. The fourth-order valence-corrected chi connectivity index (χ4v) is 5.13. The molecule has 0 spiro atoms. The van der Waals surface area contributed by atoms with Crippen molar-refractivity contribution in [2.75, 3.05) is 12.5 Å². The van der Waals surface area contributed by atoms with Crippen LogP contribution in [0.3, 0.4) is 0 Å². The summed E-state index contributed by atoms with van der Waals surface area (Å²) in [5.41, 5.74) is 0.798. The van der Waals surface area contributed by atoms with Crippen LogP contribution in [0.4, 0.5) is 0 Å². The quantitative estimate of drug-likeness (QED) is 0.596. The number of carbonyl (C=O) groups is 1. The van der Waals surface area contributed by atoms with Crippen molar-refractivity contribution in [1.82, 2.24) is 4.57 Å². The van der Waals surface area contributed by atoms with E-state index in [9.17, 15) is 13.2 Å². The maximum absolute atomic E-state index is 12.9. The van der Waals surface area contributed by atoms with Crippen LogP contribution in [0.25, 0.3) is 10.2 Å². The number of terminal acetylenes is 1. The minimum absolute atomic E-state index is 0.0263. The smallest absolute Gasteiger partial charge is 0.280 e. The summed E-state index contributed by atoms with van der Waals surface area (Å²) in [5, 5.41) is 0. The van der Waals surface area contributed by atoms with Crippen LogP contribution >= 0.6 is 11.3 Å². The lowest BCUT2D eigenvalue weighted by Gasteiger charge is -2.06. The number of hydrogen-bond acceptors (Lipinski definition) is 6. The molecule has 0 unspecified atom stereocenters. The molecule has 2 aromatic carbocycles. The molecule has 1 aliphatic rings. The fraction of sp³-hybridized carbons (Fsp3) is 0.200. The van der Waals surface area contributed by atoms with E-state index in [1.165, 1.54) is 30.4 Å². The van der Waals surface area contributed by atoms with Crippen LogP contribution in [-0.2, 0) is 16.4 Å². The third-order valence-electron chi connectivity index (χ3n) is 4.46. The predicted octanol–water partition coefficient (Wildman–Crippen LogP) is 2.60. The van der Waals surface area contributed by atoms with Gasteiger partial charge in [0.15, 0.2) is 26.1 Å². The van der Waals surface area contributed by atoms with Gasteiger partial charge >= 0.3 is 0 Å². The highest BCUT2D eigenvalue weighted by Gasteiger charge is 2.21. The lowest BCUT2D eigenvalue weighted by Crippen LogP contribution is -2.18. The molecule has 1 aromatic heterocycles. The third-order valence-corrected chi connectivity index (χ3v) is 7.28. The minimum atomic E-state index is -3.57. The molecule has 0 fully saturated rings. The van der Waals surface area contributed by atoms with Gasteiger partial charge in [-0.05, 0) is 12.1 Å². The molecule has 29 heavy (non-hydrogen) atoms. The van der Waals surface area contributed by atoms with E-state index in [4.69, 9.17) is 15.9 Å². The number of benzene rings is 2. The lowest BCUT2D eigenvalue weighted by molar-refractivity contribution is 0.0994. The standard InChI is InChI=1S/C20H16N2O5S2/c1-3-9-22-14-10-15-16(27-12-26-15)11-17(14)28-20(22)21-19(23)13-7-5-6-8-18(13)29(24,25)4-2/h1,5-8,10-11H,4,9,12H2,2H3. The van der Waals surface area contributed by atoms with E-state index in [1.807, 2.05) is 6.07 Å². The summed E-state index contributed by atoms with van der Waals surface area (Å²) in [6, 6.07) is 9.68. The van der Waals surface area contributed by atoms with Gasteiger partial charge in [-0.2, -0.15) is 4.99 Å². The molecule has 1 amide bonds. The lowest BCUT2D eigenvalue weighted by atomic mass is 10.2. The van der Waals surface area contributed by atoms with Crippen molar-refractivity contribution in [3.8, 4) is 23.8 Å². The first-order valence-corrected chi connectivity index (χ1v) is 11.2. The van der Waals surface area contributed by atoms with Crippen LogP contribution in [0.1, 0.15) is 17.3 Å². The number of thiazole rings is 1. The van der Waals surface area contributed by atoms with Crippen LogP contribution in [0.2, 0.25) is 0 Å². The van der Waals surface area contributed by atoms with Gasteiger partial charge in [0, 0.05) is 12.1 Å². The topological polar surface area (TPSA) is 87.0 Å². The Bertz CT molecular complexity index is 1340. The first kappa shape index (κ1) is 19.2. The van der Waals surface area contributed by atoms with Gasteiger partial charge in [0.1, 0.15) is 0 Å². The molecule has 0 saturated carbocycles. The maximum atomic E-state index is 12.9. The summed E-state index contributed by atoms with van der Waals surface area (Å²) >= 11 is 1.27. The highest BCUT2D eigenvalue weighted by atomic mass is 32.2.